The molecule has 20 heavy (non-hydrogen) atoms. The third kappa shape index (κ3) is 3.77. The first-order valence-electron chi connectivity index (χ1n) is 6.29. The predicted molar refractivity (Wildman–Crippen MR) is 73.8 cm³/mol. The van der Waals surface area contributed by atoms with Crippen LogP contribution >= 0.6 is 0 Å². The third-order valence-corrected chi connectivity index (χ3v) is 3.04. The van der Waals surface area contributed by atoms with Crippen molar-refractivity contribution in [2.45, 2.75) is 13.8 Å². The average molecular weight is 282 g/mol. The molecule has 0 saturated heterocycles. The number of methoxy groups -OCH3 is 1. The Morgan fingerprint density at radius 1 is 1.40 bits per heavy atom. The van der Waals surface area contributed by atoms with Crippen molar-refractivity contribution in [3.8, 4) is 0 Å². The Morgan fingerprint density at radius 3 is 2.55 bits per heavy atom. The van der Waals surface area contributed by atoms with E-state index in [0.717, 1.165) is 12.1 Å². The largest absolute Gasteiger partial charge is 0.465 e. The summed E-state index contributed by atoms with van der Waals surface area (Å²) >= 11 is 0. The van der Waals surface area contributed by atoms with E-state index < -0.39 is 11.8 Å². The Kier molecular flexibility index (Phi) is 5.64. The van der Waals surface area contributed by atoms with Gasteiger partial charge >= 0.3 is 5.97 Å². The number of hydrogen-bond acceptors (Lipinski definition) is 4. The van der Waals surface area contributed by atoms with E-state index in [1.165, 1.54) is 13.2 Å². The van der Waals surface area contributed by atoms with Crippen molar-refractivity contribution in [3.63, 3.8) is 0 Å². The molecule has 1 atom stereocenters. The summed E-state index contributed by atoms with van der Waals surface area (Å²) in [7, 11) is 1.19. The molecule has 1 aromatic carbocycles. The van der Waals surface area contributed by atoms with Gasteiger partial charge < -0.3 is 15.8 Å². The highest BCUT2D eigenvalue weighted by Crippen LogP contribution is 2.20. The number of rotatable bonds is 5. The van der Waals surface area contributed by atoms with Crippen LogP contribution in [0, 0.1) is 17.7 Å². The molecule has 1 rings (SSSR count). The van der Waals surface area contributed by atoms with E-state index in [1.807, 2.05) is 13.8 Å². The van der Waals surface area contributed by atoms with Crippen molar-refractivity contribution in [2.24, 2.45) is 17.6 Å². The van der Waals surface area contributed by atoms with E-state index in [2.05, 4.69) is 10.1 Å². The van der Waals surface area contributed by atoms with Crippen molar-refractivity contribution in [2.75, 3.05) is 19.0 Å². The summed E-state index contributed by atoms with van der Waals surface area (Å²) in [5, 5.41) is 2.60. The molecule has 0 aromatic heterocycles. The van der Waals surface area contributed by atoms with E-state index >= 15 is 0 Å². The van der Waals surface area contributed by atoms with Gasteiger partial charge in [-0.15, -0.1) is 0 Å². The molecular weight excluding hydrogens is 263 g/mol. The van der Waals surface area contributed by atoms with Crippen LogP contribution in [-0.2, 0) is 9.53 Å². The lowest BCUT2D eigenvalue weighted by molar-refractivity contribution is -0.120. The number of esters is 1. The average Bonchev–Trinajstić information content (AvgIpc) is 2.40. The van der Waals surface area contributed by atoms with E-state index in [-0.39, 0.29) is 35.5 Å². The molecule has 1 amide bonds. The fraction of sp³-hybridized carbons (Fsp3) is 0.429. The summed E-state index contributed by atoms with van der Waals surface area (Å²) in [6.45, 7) is 3.95. The van der Waals surface area contributed by atoms with Crippen LogP contribution in [0.15, 0.2) is 18.2 Å². The maximum absolute atomic E-state index is 13.2. The van der Waals surface area contributed by atoms with E-state index in [9.17, 15) is 14.0 Å². The van der Waals surface area contributed by atoms with Crippen LogP contribution in [0.5, 0.6) is 0 Å². The highest BCUT2D eigenvalue weighted by atomic mass is 19.1. The standard InChI is InChI=1S/C14H19FN2O3/c1-8(2)11(7-16)13(18)17-12-5-4-9(15)6-10(12)14(19)20-3/h4-6,8,11H,7,16H2,1-3H3,(H,17,18). The van der Waals surface area contributed by atoms with Crippen LogP contribution in [0.25, 0.3) is 0 Å². The third-order valence-electron chi connectivity index (χ3n) is 3.04. The number of ether oxygens (including phenoxy) is 1. The Labute approximate surface area is 117 Å². The lowest BCUT2D eigenvalue weighted by Gasteiger charge is -2.19. The highest BCUT2D eigenvalue weighted by molar-refractivity contribution is 6.01. The zero-order valence-corrected chi connectivity index (χ0v) is 11.8. The van der Waals surface area contributed by atoms with Crippen molar-refractivity contribution >= 4 is 17.6 Å². The van der Waals surface area contributed by atoms with Crippen molar-refractivity contribution in [1.82, 2.24) is 0 Å². The topological polar surface area (TPSA) is 81.4 Å². The van der Waals surface area contributed by atoms with Gasteiger partial charge in [-0.05, 0) is 24.1 Å². The number of anilines is 1. The minimum atomic E-state index is -0.714. The Hall–Kier alpha value is -1.95. The number of nitrogens with one attached hydrogen (secondary N) is 1. The minimum Gasteiger partial charge on any atom is -0.465 e. The van der Waals surface area contributed by atoms with Crippen LogP contribution in [0.2, 0.25) is 0 Å². The summed E-state index contributed by atoms with van der Waals surface area (Å²) < 4.78 is 17.8. The first-order chi connectivity index (χ1) is 9.40. The van der Waals surface area contributed by atoms with Gasteiger partial charge in [-0.1, -0.05) is 13.8 Å². The number of halogens is 1. The molecule has 0 radical (unpaired) electrons. The van der Waals surface area contributed by atoms with E-state index in [0.29, 0.717) is 0 Å². The highest BCUT2D eigenvalue weighted by Gasteiger charge is 2.22. The van der Waals surface area contributed by atoms with Crippen LogP contribution < -0.4 is 11.1 Å². The minimum absolute atomic E-state index is 0.0274. The van der Waals surface area contributed by atoms with Gasteiger partial charge in [-0.3, -0.25) is 4.79 Å². The smallest absolute Gasteiger partial charge is 0.340 e. The van der Waals surface area contributed by atoms with Crippen LogP contribution in [-0.4, -0.2) is 25.5 Å². The molecule has 0 spiro atoms. The van der Waals surface area contributed by atoms with Crippen LogP contribution in [0.3, 0.4) is 0 Å². The van der Waals surface area contributed by atoms with Gasteiger partial charge in [0.1, 0.15) is 5.82 Å². The molecule has 6 heteroatoms. The first kappa shape index (κ1) is 16.1. The number of benzene rings is 1. The summed E-state index contributed by atoms with van der Waals surface area (Å²) in [6.07, 6.45) is 0. The molecule has 3 N–H and O–H groups in total. The van der Waals surface area contributed by atoms with Crippen LogP contribution in [0.4, 0.5) is 10.1 Å². The molecule has 0 aliphatic rings. The molecule has 0 heterocycles. The second kappa shape index (κ2) is 7.00. The summed E-state index contributed by atoms with van der Waals surface area (Å²) in [5.41, 5.74) is 5.75. The molecule has 0 aliphatic heterocycles. The van der Waals surface area contributed by atoms with Gasteiger partial charge in [0.05, 0.1) is 24.3 Å². The molecular formula is C14H19FN2O3. The van der Waals surface area contributed by atoms with Crippen LogP contribution in [0.1, 0.15) is 24.2 Å². The van der Waals surface area contributed by atoms with Gasteiger partial charge in [-0.25, -0.2) is 9.18 Å². The Bertz CT molecular complexity index is 503. The monoisotopic (exact) mass is 282 g/mol. The quantitative estimate of drug-likeness (QED) is 0.807. The lowest BCUT2D eigenvalue weighted by atomic mass is 9.95. The zero-order valence-electron chi connectivity index (χ0n) is 11.8. The first-order valence-corrected chi connectivity index (χ1v) is 6.29. The number of carbonyl (C=O) groups excluding carboxylic acids is 2. The number of nitrogens with two attached hydrogens (primary N) is 1. The van der Waals surface area contributed by atoms with Gasteiger partial charge in [0.15, 0.2) is 0 Å². The normalized spacial score (nSPS) is 12.1. The molecule has 5 nitrogen and oxygen atoms in total. The Balaban J connectivity index is 3.03. The van der Waals surface area contributed by atoms with Crippen molar-refractivity contribution < 1.29 is 18.7 Å². The molecule has 0 fully saturated rings. The van der Waals surface area contributed by atoms with Gasteiger partial charge in [0.25, 0.3) is 0 Å². The molecule has 0 aliphatic carbocycles. The van der Waals surface area contributed by atoms with E-state index in [1.54, 1.807) is 0 Å². The summed E-state index contributed by atoms with van der Waals surface area (Å²) in [4.78, 5) is 23.7. The zero-order chi connectivity index (χ0) is 15.3. The molecule has 110 valence electrons. The van der Waals surface area contributed by atoms with E-state index in [4.69, 9.17) is 5.73 Å². The van der Waals surface area contributed by atoms with Gasteiger partial charge in [0.2, 0.25) is 5.91 Å². The SMILES string of the molecule is COC(=O)c1cc(F)ccc1NC(=O)C(CN)C(C)C. The molecule has 0 bridgehead atoms. The number of hydrogen-bond donors (Lipinski definition) is 2. The second-order valence-electron chi connectivity index (χ2n) is 4.76. The van der Waals surface area contributed by atoms with Crippen molar-refractivity contribution in [1.29, 1.82) is 0 Å². The fourth-order valence-corrected chi connectivity index (χ4v) is 1.81. The maximum atomic E-state index is 13.2. The Morgan fingerprint density at radius 2 is 2.05 bits per heavy atom. The fourth-order valence-electron chi connectivity index (χ4n) is 1.81. The van der Waals surface area contributed by atoms with Crippen molar-refractivity contribution in [3.05, 3.63) is 29.6 Å². The molecule has 1 aromatic rings. The summed E-state index contributed by atoms with van der Waals surface area (Å²) in [5.74, 6) is -1.93. The predicted octanol–water partition coefficient (Wildman–Crippen LogP) is 1.78. The molecule has 0 saturated carbocycles. The second-order valence-corrected chi connectivity index (χ2v) is 4.76. The van der Waals surface area contributed by atoms with Gasteiger partial charge in [0, 0.05) is 6.54 Å². The number of amides is 1. The van der Waals surface area contributed by atoms with Gasteiger partial charge in [-0.2, -0.15) is 0 Å². The molecule has 1 unspecified atom stereocenters. The maximum Gasteiger partial charge on any atom is 0.340 e. The lowest BCUT2D eigenvalue weighted by Crippen LogP contribution is -2.33. The number of carbonyl (C=O) groups is 2. The summed E-state index contributed by atoms with van der Waals surface area (Å²) in [6, 6.07) is 3.51.